The zero-order valence-corrected chi connectivity index (χ0v) is 12.5. The van der Waals surface area contributed by atoms with E-state index in [1.54, 1.807) is 24.5 Å². The standard InChI is InChI=1S/C17H18F2N2O2/c18-15-2-1-12(9-16(15)19)17(22)11-21-8-5-14(10-21)23-13-3-6-20-7-4-13/h1-4,6-7,9,14,17,22H,5,8,10-11H2. The van der Waals surface area contributed by atoms with Crippen molar-refractivity contribution in [2.45, 2.75) is 18.6 Å². The molecule has 0 spiro atoms. The molecule has 1 aromatic heterocycles. The lowest BCUT2D eigenvalue weighted by Crippen LogP contribution is -2.29. The third-order valence-electron chi connectivity index (χ3n) is 3.94. The van der Waals surface area contributed by atoms with E-state index in [0.29, 0.717) is 18.7 Å². The molecule has 0 saturated carbocycles. The number of aliphatic hydroxyl groups excluding tert-OH is 1. The Bertz CT molecular complexity index is 654. The zero-order chi connectivity index (χ0) is 16.2. The topological polar surface area (TPSA) is 45.6 Å². The number of ether oxygens (including phenoxy) is 1. The third-order valence-corrected chi connectivity index (χ3v) is 3.94. The Morgan fingerprint density at radius 3 is 2.74 bits per heavy atom. The highest BCUT2D eigenvalue weighted by Gasteiger charge is 2.26. The number of benzene rings is 1. The molecule has 1 aliphatic rings. The van der Waals surface area contributed by atoms with E-state index >= 15 is 0 Å². The SMILES string of the molecule is OC(CN1CCC(Oc2ccncc2)C1)c1ccc(F)c(F)c1. The van der Waals surface area contributed by atoms with E-state index in [-0.39, 0.29) is 6.10 Å². The summed E-state index contributed by atoms with van der Waals surface area (Å²) in [6.45, 7) is 1.83. The second-order valence-electron chi connectivity index (χ2n) is 5.66. The maximum absolute atomic E-state index is 13.2. The van der Waals surface area contributed by atoms with Gasteiger partial charge >= 0.3 is 0 Å². The molecule has 23 heavy (non-hydrogen) atoms. The lowest BCUT2D eigenvalue weighted by Gasteiger charge is -2.20. The molecular formula is C17H18F2N2O2. The molecule has 2 aromatic rings. The van der Waals surface area contributed by atoms with Gasteiger partial charge in [0.25, 0.3) is 0 Å². The fourth-order valence-corrected chi connectivity index (χ4v) is 2.74. The van der Waals surface area contributed by atoms with Crippen LogP contribution in [0.15, 0.2) is 42.7 Å². The fraction of sp³-hybridized carbons (Fsp3) is 0.353. The molecule has 0 amide bonds. The summed E-state index contributed by atoms with van der Waals surface area (Å²) >= 11 is 0. The molecule has 4 nitrogen and oxygen atoms in total. The molecular weight excluding hydrogens is 302 g/mol. The molecule has 1 saturated heterocycles. The molecule has 1 N–H and O–H groups in total. The number of pyridine rings is 1. The van der Waals surface area contributed by atoms with Gasteiger partial charge < -0.3 is 9.84 Å². The second-order valence-corrected chi connectivity index (χ2v) is 5.66. The first-order chi connectivity index (χ1) is 11.1. The second kappa shape index (κ2) is 7.02. The summed E-state index contributed by atoms with van der Waals surface area (Å²) in [5, 5.41) is 10.2. The number of β-amino-alcohol motifs (C(OH)–C–C–N with tert-alkyl or cyclic N) is 1. The predicted molar refractivity (Wildman–Crippen MR) is 81.0 cm³/mol. The lowest BCUT2D eigenvalue weighted by molar-refractivity contribution is 0.116. The van der Waals surface area contributed by atoms with Crippen LogP contribution >= 0.6 is 0 Å². The van der Waals surface area contributed by atoms with Crippen LogP contribution in [0.2, 0.25) is 0 Å². The average molecular weight is 320 g/mol. The van der Waals surface area contributed by atoms with E-state index in [1.165, 1.54) is 6.07 Å². The van der Waals surface area contributed by atoms with E-state index in [4.69, 9.17) is 4.74 Å². The highest BCUT2D eigenvalue weighted by molar-refractivity contribution is 5.20. The van der Waals surface area contributed by atoms with E-state index in [9.17, 15) is 13.9 Å². The fourth-order valence-electron chi connectivity index (χ4n) is 2.74. The van der Waals surface area contributed by atoms with Crippen LogP contribution in [-0.4, -0.2) is 40.7 Å². The molecule has 3 rings (SSSR count). The van der Waals surface area contributed by atoms with Crippen molar-refractivity contribution in [3.63, 3.8) is 0 Å². The molecule has 0 bridgehead atoms. The lowest BCUT2D eigenvalue weighted by atomic mass is 10.1. The minimum absolute atomic E-state index is 0.0505. The number of aromatic nitrogens is 1. The molecule has 2 atom stereocenters. The van der Waals surface area contributed by atoms with E-state index < -0.39 is 17.7 Å². The van der Waals surface area contributed by atoms with Crippen molar-refractivity contribution in [1.82, 2.24) is 9.88 Å². The van der Waals surface area contributed by atoms with Gasteiger partial charge in [0.05, 0.1) is 6.10 Å². The summed E-state index contributed by atoms with van der Waals surface area (Å²) < 4.78 is 32.0. The van der Waals surface area contributed by atoms with Gasteiger partial charge in [-0.25, -0.2) is 8.78 Å². The minimum Gasteiger partial charge on any atom is -0.489 e. The minimum atomic E-state index is -0.943. The van der Waals surface area contributed by atoms with E-state index in [1.807, 2.05) is 0 Å². The molecule has 1 aromatic carbocycles. The van der Waals surface area contributed by atoms with Crippen LogP contribution in [-0.2, 0) is 0 Å². The zero-order valence-electron chi connectivity index (χ0n) is 12.5. The molecule has 122 valence electrons. The summed E-state index contributed by atoms with van der Waals surface area (Å²) in [5.41, 5.74) is 0.377. The Hall–Kier alpha value is -2.05. The van der Waals surface area contributed by atoms with Crippen LogP contribution in [0.1, 0.15) is 18.1 Å². The summed E-state index contributed by atoms with van der Waals surface area (Å²) in [6.07, 6.45) is 3.40. The number of halogens is 2. The largest absolute Gasteiger partial charge is 0.489 e. The Morgan fingerprint density at radius 2 is 2.00 bits per heavy atom. The monoisotopic (exact) mass is 320 g/mol. The van der Waals surface area contributed by atoms with Gasteiger partial charge in [-0.1, -0.05) is 6.07 Å². The number of hydrogen-bond donors (Lipinski definition) is 1. The predicted octanol–water partition coefficient (Wildman–Crippen LogP) is 2.55. The van der Waals surface area contributed by atoms with Crippen molar-refractivity contribution >= 4 is 0 Å². The number of aliphatic hydroxyl groups is 1. The van der Waals surface area contributed by atoms with Gasteiger partial charge in [0.15, 0.2) is 11.6 Å². The molecule has 0 radical (unpaired) electrons. The quantitative estimate of drug-likeness (QED) is 0.920. The first-order valence-electron chi connectivity index (χ1n) is 7.54. The Kier molecular flexibility index (Phi) is 4.83. The normalized spacial score (nSPS) is 19.7. The van der Waals surface area contributed by atoms with Gasteiger partial charge in [-0.3, -0.25) is 9.88 Å². The highest BCUT2D eigenvalue weighted by Crippen LogP contribution is 2.22. The number of nitrogens with zero attached hydrogens (tertiary/aromatic N) is 2. The molecule has 2 heterocycles. The van der Waals surface area contributed by atoms with Gasteiger partial charge in [0.2, 0.25) is 0 Å². The van der Waals surface area contributed by atoms with Crippen LogP contribution in [0.3, 0.4) is 0 Å². The molecule has 0 aliphatic carbocycles. The van der Waals surface area contributed by atoms with Gasteiger partial charge in [-0.15, -0.1) is 0 Å². The van der Waals surface area contributed by atoms with Crippen LogP contribution in [0, 0.1) is 11.6 Å². The van der Waals surface area contributed by atoms with Gasteiger partial charge in [0.1, 0.15) is 11.9 Å². The molecule has 6 heteroatoms. The summed E-state index contributed by atoms with van der Waals surface area (Å²) in [6, 6.07) is 7.09. The molecule has 1 aliphatic heterocycles. The van der Waals surface area contributed by atoms with Gasteiger partial charge in [-0.2, -0.15) is 0 Å². The van der Waals surface area contributed by atoms with Crippen LogP contribution in [0.5, 0.6) is 5.75 Å². The molecule has 2 unspecified atom stereocenters. The Morgan fingerprint density at radius 1 is 1.22 bits per heavy atom. The number of rotatable bonds is 5. The molecule has 1 fully saturated rings. The van der Waals surface area contributed by atoms with Crippen molar-refractivity contribution in [3.8, 4) is 5.75 Å². The van der Waals surface area contributed by atoms with Crippen LogP contribution in [0.4, 0.5) is 8.78 Å². The van der Waals surface area contributed by atoms with Crippen LogP contribution < -0.4 is 4.74 Å². The van der Waals surface area contributed by atoms with Crippen molar-refractivity contribution in [2.75, 3.05) is 19.6 Å². The van der Waals surface area contributed by atoms with Gasteiger partial charge in [-0.05, 0) is 36.2 Å². The summed E-state index contributed by atoms with van der Waals surface area (Å²) in [7, 11) is 0. The van der Waals surface area contributed by atoms with Crippen LogP contribution in [0.25, 0.3) is 0 Å². The van der Waals surface area contributed by atoms with E-state index in [2.05, 4.69) is 9.88 Å². The maximum atomic E-state index is 13.2. The Balaban J connectivity index is 1.54. The van der Waals surface area contributed by atoms with Crippen molar-refractivity contribution in [3.05, 3.63) is 59.9 Å². The summed E-state index contributed by atoms with van der Waals surface area (Å²) in [4.78, 5) is 5.99. The smallest absolute Gasteiger partial charge is 0.159 e. The maximum Gasteiger partial charge on any atom is 0.159 e. The first kappa shape index (κ1) is 15.8. The summed E-state index contributed by atoms with van der Waals surface area (Å²) in [5.74, 6) is -1.08. The van der Waals surface area contributed by atoms with Gasteiger partial charge in [0, 0.05) is 32.0 Å². The highest BCUT2D eigenvalue weighted by atomic mass is 19.2. The average Bonchev–Trinajstić information content (AvgIpc) is 2.98. The van der Waals surface area contributed by atoms with E-state index in [0.717, 1.165) is 30.8 Å². The Labute approximate surface area is 133 Å². The third kappa shape index (κ3) is 4.03. The van der Waals surface area contributed by atoms with Crippen molar-refractivity contribution in [1.29, 1.82) is 0 Å². The number of hydrogen-bond acceptors (Lipinski definition) is 4. The van der Waals surface area contributed by atoms with Crippen molar-refractivity contribution < 1.29 is 18.6 Å². The first-order valence-corrected chi connectivity index (χ1v) is 7.54. The van der Waals surface area contributed by atoms with Crippen molar-refractivity contribution in [2.24, 2.45) is 0 Å². The number of likely N-dealkylation sites (tertiary alicyclic amines) is 1.